The van der Waals surface area contributed by atoms with E-state index < -0.39 is 10.0 Å². The van der Waals surface area contributed by atoms with Crippen LogP contribution in [0.15, 0.2) is 23.1 Å². The molecule has 0 aromatic heterocycles. The van der Waals surface area contributed by atoms with Gasteiger partial charge in [0.15, 0.2) is 0 Å². The minimum absolute atomic E-state index is 0.100. The quantitative estimate of drug-likeness (QED) is 0.850. The summed E-state index contributed by atoms with van der Waals surface area (Å²) in [6.45, 7) is 12.2. The van der Waals surface area contributed by atoms with Crippen molar-refractivity contribution in [2.45, 2.75) is 51.9 Å². The molecule has 1 aromatic rings. The Bertz CT molecular complexity index is 557. The average Bonchev–Trinajstić information content (AvgIpc) is 2.26. The molecule has 0 fully saturated rings. The van der Waals surface area contributed by atoms with Crippen molar-refractivity contribution in [1.29, 1.82) is 0 Å². The molecule has 4 nitrogen and oxygen atoms in total. The minimum Gasteiger partial charge on any atom is -0.287 e. The molecule has 114 valence electrons. The van der Waals surface area contributed by atoms with Crippen molar-refractivity contribution in [3.05, 3.63) is 29.3 Å². The van der Waals surface area contributed by atoms with Gasteiger partial charge in [0.05, 0.1) is 11.5 Å². The van der Waals surface area contributed by atoms with Gasteiger partial charge in [0.2, 0.25) is 0 Å². The first-order valence-electron chi connectivity index (χ1n) is 6.79. The molecule has 0 unspecified atom stereocenters. The molecule has 0 saturated carbocycles. The van der Waals surface area contributed by atoms with Crippen LogP contribution in [-0.2, 0) is 20.3 Å². The van der Waals surface area contributed by atoms with Gasteiger partial charge in [-0.2, -0.15) is 0 Å². The summed E-state index contributed by atoms with van der Waals surface area (Å²) >= 11 is 0. The maximum atomic E-state index is 12.3. The summed E-state index contributed by atoms with van der Waals surface area (Å²) in [5.41, 5.74) is 1.59. The molecule has 0 aliphatic heterocycles. The zero-order chi connectivity index (χ0) is 15.6. The highest BCUT2D eigenvalue weighted by atomic mass is 32.2. The second-order valence-electron chi connectivity index (χ2n) is 6.52. The highest BCUT2D eigenvalue weighted by Crippen LogP contribution is 2.26. The summed E-state index contributed by atoms with van der Waals surface area (Å²) < 4.78 is 24.6. The lowest BCUT2D eigenvalue weighted by atomic mass is 9.87. The lowest BCUT2D eigenvalue weighted by molar-refractivity contribution is 0.0718. The van der Waals surface area contributed by atoms with Crippen molar-refractivity contribution in [2.75, 3.05) is 6.61 Å². The van der Waals surface area contributed by atoms with Gasteiger partial charge in [-0.3, -0.25) is 4.84 Å². The fourth-order valence-electron chi connectivity index (χ4n) is 1.68. The molecule has 1 N–H and O–H groups in total. The lowest BCUT2D eigenvalue weighted by Crippen LogP contribution is -2.27. The lowest BCUT2D eigenvalue weighted by Gasteiger charge is -2.21. The van der Waals surface area contributed by atoms with Crippen LogP contribution in [-0.4, -0.2) is 15.0 Å². The van der Waals surface area contributed by atoms with Crippen molar-refractivity contribution in [3.63, 3.8) is 0 Å². The largest absolute Gasteiger partial charge is 0.287 e. The molecule has 0 spiro atoms. The standard InChI is InChI=1S/C15H25NO3S/c1-11(2)10-19-16-20(17,18)14-9-13(15(4,5)6)8-7-12(14)3/h7-9,11,16H,10H2,1-6H3. The summed E-state index contributed by atoms with van der Waals surface area (Å²) in [5.74, 6) is 0.264. The third kappa shape index (κ3) is 4.58. The highest BCUT2D eigenvalue weighted by Gasteiger charge is 2.21. The van der Waals surface area contributed by atoms with Gasteiger partial charge in [-0.25, -0.2) is 8.42 Å². The molecule has 0 amide bonds. The van der Waals surface area contributed by atoms with Crippen LogP contribution >= 0.6 is 0 Å². The normalized spacial score (nSPS) is 12.9. The predicted molar refractivity (Wildman–Crippen MR) is 81.0 cm³/mol. The van der Waals surface area contributed by atoms with E-state index in [4.69, 9.17) is 4.84 Å². The zero-order valence-electron chi connectivity index (χ0n) is 13.1. The van der Waals surface area contributed by atoms with E-state index in [2.05, 4.69) is 25.7 Å². The van der Waals surface area contributed by atoms with Crippen molar-refractivity contribution < 1.29 is 13.3 Å². The molecule has 0 saturated heterocycles. The van der Waals surface area contributed by atoms with Crippen LogP contribution in [0.1, 0.15) is 45.7 Å². The van der Waals surface area contributed by atoms with Gasteiger partial charge in [-0.1, -0.05) is 51.6 Å². The predicted octanol–water partition coefficient (Wildman–Crippen LogP) is 3.16. The molecule has 0 aliphatic rings. The first kappa shape index (κ1) is 17.1. The Hall–Kier alpha value is -0.910. The van der Waals surface area contributed by atoms with Crippen LogP contribution in [0.3, 0.4) is 0 Å². The molecule has 0 atom stereocenters. The summed E-state index contributed by atoms with van der Waals surface area (Å²) in [7, 11) is -3.64. The highest BCUT2D eigenvalue weighted by molar-refractivity contribution is 7.89. The number of hydrogen-bond donors (Lipinski definition) is 1. The van der Waals surface area contributed by atoms with Crippen LogP contribution < -0.4 is 4.89 Å². The molecule has 20 heavy (non-hydrogen) atoms. The monoisotopic (exact) mass is 299 g/mol. The summed E-state index contributed by atoms with van der Waals surface area (Å²) in [4.78, 5) is 7.53. The number of rotatable bonds is 5. The number of aryl methyl sites for hydroxylation is 1. The van der Waals surface area contributed by atoms with E-state index >= 15 is 0 Å². The zero-order valence-corrected chi connectivity index (χ0v) is 14.0. The Kier molecular flexibility index (Phi) is 5.35. The number of hydrogen-bond acceptors (Lipinski definition) is 3. The molecular formula is C15H25NO3S. The van der Waals surface area contributed by atoms with Crippen LogP contribution in [0.25, 0.3) is 0 Å². The van der Waals surface area contributed by atoms with Gasteiger partial charge in [0.25, 0.3) is 10.0 Å². The van der Waals surface area contributed by atoms with Gasteiger partial charge in [0, 0.05) is 0 Å². The fraction of sp³-hybridized carbons (Fsp3) is 0.600. The van der Waals surface area contributed by atoms with Crippen molar-refractivity contribution in [2.24, 2.45) is 5.92 Å². The minimum atomic E-state index is -3.64. The topological polar surface area (TPSA) is 55.4 Å². The third-order valence-electron chi connectivity index (χ3n) is 2.93. The van der Waals surface area contributed by atoms with E-state index in [0.717, 1.165) is 5.56 Å². The molecule has 0 bridgehead atoms. The van der Waals surface area contributed by atoms with Crippen LogP contribution in [0.4, 0.5) is 0 Å². The molecule has 1 rings (SSSR count). The Balaban J connectivity index is 3.05. The summed E-state index contributed by atoms with van der Waals surface area (Å²) in [6.07, 6.45) is 0. The average molecular weight is 299 g/mol. The maximum Gasteiger partial charge on any atom is 0.262 e. The van der Waals surface area contributed by atoms with Crippen molar-refractivity contribution in [3.8, 4) is 0 Å². The fourth-order valence-corrected chi connectivity index (χ4v) is 2.77. The first-order chi connectivity index (χ1) is 9.04. The van der Waals surface area contributed by atoms with E-state index in [-0.39, 0.29) is 16.2 Å². The Morgan fingerprint density at radius 3 is 2.35 bits per heavy atom. The van der Waals surface area contributed by atoms with Crippen LogP contribution in [0, 0.1) is 12.8 Å². The Morgan fingerprint density at radius 1 is 1.25 bits per heavy atom. The summed E-state index contributed by atoms with van der Waals surface area (Å²) in [5, 5.41) is 0. The molecular weight excluding hydrogens is 274 g/mol. The molecule has 0 aliphatic carbocycles. The van der Waals surface area contributed by atoms with Gasteiger partial charge < -0.3 is 0 Å². The van der Waals surface area contributed by atoms with Crippen LogP contribution in [0.5, 0.6) is 0 Å². The van der Waals surface area contributed by atoms with Crippen molar-refractivity contribution >= 4 is 10.0 Å². The van der Waals surface area contributed by atoms with Crippen molar-refractivity contribution in [1.82, 2.24) is 4.89 Å². The summed E-state index contributed by atoms with van der Waals surface area (Å²) in [6, 6.07) is 5.51. The van der Waals surface area contributed by atoms with Crippen LogP contribution in [0.2, 0.25) is 0 Å². The molecule has 5 heteroatoms. The smallest absolute Gasteiger partial charge is 0.262 e. The molecule has 0 heterocycles. The van der Waals surface area contributed by atoms with Gasteiger partial charge in [0.1, 0.15) is 0 Å². The van der Waals surface area contributed by atoms with E-state index in [0.29, 0.717) is 12.2 Å². The third-order valence-corrected chi connectivity index (χ3v) is 4.29. The SMILES string of the molecule is Cc1ccc(C(C)(C)C)cc1S(=O)(=O)NOCC(C)C. The van der Waals surface area contributed by atoms with E-state index in [9.17, 15) is 8.42 Å². The van der Waals surface area contributed by atoms with Gasteiger partial charge in [-0.15, -0.1) is 0 Å². The van der Waals surface area contributed by atoms with Gasteiger partial charge in [-0.05, 0) is 35.4 Å². The first-order valence-corrected chi connectivity index (χ1v) is 8.27. The second-order valence-corrected chi connectivity index (χ2v) is 8.14. The Morgan fingerprint density at radius 2 is 1.85 bits per heavy atom. The van der Waals surface area contributed by atoms with E-state index in [1.807, 2.05) is 26.0 Å². The number of sulfonamides is 1. The van der Waals surface area contributed by atoms with E-state index in [1.54, 1.807) is 13.0 Å². The number of nitrogens with one attached hydrogen (secondary N) is 1. The molecule has 0 radical (unpaired) electrons. The Labute approximate surface area is 122 Å². The van der Waals surface area contributed by atoms with Gasteiger partial charge >= 0.3 is 0 Å². The molecule has 1 aromatic carbocycles. The number of benzene rings is 1. The maximum absolute atomic E-state index is 12.3. The van der Waals surface area contributed by atoms with E-state index in [1.165, 1.54) is 0 Å². The second kappa shape index (κ2) is 6.24.